The second-order valence-electron chi connectivity index (χ2n) is 3.24. The van der Waals surface area contributed by atoms with Crippen molar-refractivity contribution in [1.82, 2.24) is 0 Å². The molecule has 86 valence electrons. The van der Waals surface area contributed by atoms with Crippen LogP contribution in [0.2, 0.25) is 0 Å². The molecule has 0 aliphatic heterocycles. The summed E-state index contributed by atoms with van der Waals surface area (Å²) in [4.78, 5) is 2.47. The van der Waals surface area contributed by atoms with Crippen LogP contribution in [-0.4, -0.2) is 6.98 Å². The second-order valence-corrected chi connectivity index (χ2v) is 3.56. The summed E-state index contributed by atoms with van der Waals surface area (Å²) in [7, 11) is 0. The molecule has 0 saturated carbocycles. The first-order valence-corrected chi connectivity index (χ1v) is 5.02. The van der Waals surface area contributed by atoms with Crippen molar-refractivity contribution in [2.45, 2.75) is 12.7 Å². The molecular formula is C8H8BF3N3S-. The molecule has 0 atom stereocenters. The van der Waals surface area contributed by atoms with Gasteiger partial charge in [-0.05, 0) is 24.1 Å². The molecule has 3 nitrogen and oxygen atoms in total. The fourth-order valence-electron chi connectivity index (χ4n) is 1.39. The lowest BCUT2D eigenvalue weighted by atomic mass is 9.75. The molecule has 0 aliphatic carbocycles. The molecular weight excluding hydrogens is 238 g/mol. The summed E-state index contributed by atoms with van der Waals surface area (Å²) in [6, 6.07) is 2.27. The Morgan fingerprint density at radius 3 is 2.50 bits per heavy atom. The molecule has 0 fully saturated rings. The van der Waals surface area contributed by atoms with Gasteiger partial charge in [0.25, 0.3) is 0 Å². The lowest BCUT2D eigenvalue weighted by Crippen LogP contribution is -2.36. The smallest absolute Gasteiger partial charge is 0.445 e. The van der Waals surface area contributed by atoms with Crippen LogP contribution in [0.1, 0.15) is 11.1 Å². The first-order valence-electron chi connectivity index (χ1n) is 4.39. The van der Waals surface area contributed by atoms with E-state index >= 15 is 0 Å². The SMILES string of the molecule is Cc1c(CS)cc(N=[N+]=[N-])cc1[B-](F)(F)F. The van der Waals surface area contributed by atoms with Gasteiger partial charge in [0.1, 0.15) is 0 Å². The van der Waals surface area contributed by atoms with Gasteiger partial charge in [0, 0.05) is 16.4 Å². The zero-order chi connectivity index (χ0) is 12.3. The average molecular weight is 246 g/mol. The van der Waals surface area contributed by atoms with Gasteiger partial charge in [-0.15, -0.1) is 5.46 Å². The van der Waals surface area contributed by atoms with Crippen LogP contribution >= 0.6 is 12.6 Å². The highest BCUT2D eigenvalue weighted by Gasteiger charge is 2.28. The lowest BCUT2D eigenvalue weighted by molar-refractivity contribution is 0.500. The lowest BCUT2D eigenvalue weighted by Gasteiger charge is -2.20. The van der Waals surface area contributed by atoms with E-state index in [-0.39, 0.29) is 17.0 Å². The van der Waals surface area contributed by atoms with Crippen molar-refractivity contribution in [3.8, 4) is 0 Å². The number of nitrogens with zero attached hydrogens (tertiary/aromatic N) is 3. The van der Waals surface area contributed by atoms with Gasteiger partial charge >= 0.3 is 6.98 Å². The monoisotopic (exact) mass is 246 g/mol. The third-order valence-corrected chi connectivity index (χ3v) is 2.56. The second kappa shape index (κ2) is 4.72. The Hall–Kier alpha value is -1.27. The first-order chi connectivity index (χ1) is 7.40. The standard InChI is InChI=1S/C8H8BF3N3S/c1-5-6(4-16)2-7(14-15-13)3-8(5)9(10,11)12/h2-3,16H,4H2,1H3/q-1. The number of hydrogen-bond acceptors (Lipinski definition) is 2. The molecule has 1 rings (SSSR count). The van der Waals surface area contributed by atoms with E-state index in [4.69, 9.17) is 5.53 Å². The van der Waals surface area contributed by atoms with E-state index in [0.29, 0.717) is 5.56 Å². The van der Waals surface area contributed by atoms with E-state index in [9.17, 15) is 12.9 Å². The predicted octanol–water partition coefficient (Wildman–Crippen LogP) is 3.42. The van der Waals surface area contributed by atoms with Crippen LogP contribution in [0, 0.1) is 6.92 Å². The normalized spacial score (nSPS) is 11.1. The van der Waals surface area contributed by atoms with Gasteiger partial charge in [-0.3, -0.25) is 0 Å². The van der Waals surface area contributed by atoms with E-state index in [1.54, 1.807) is 0 Å². The van der Waals surface area contributed by atoms with Crippen LogP contribution in [0.25, 0.3) is 10.4 Å². The zero-order valence-corrected chi connectivity index (χ0v) is 9.26. The Morgan fingerprint density at radius 2 is 2.06 bits per heavy atom. The number of benzene rings is 1. The van der Waals surface area contributed by atoms with E-state index < -0.39 is 12.4 Å². The van der Waals surface area contributed by atoms with Crippen LogP contribution in [0.15, 0.2) is 17.2 Å². The fraction of sp³-hybridized carbons (Fsp3) is 0.250. The van der Waals surface area contributed by atoms with Crippen molar-refractivity contribution in [2.24, 2.45) is 5.11 Å². The molecule has 0 N–H and O–H groups in total. The number of hydrogen-bond donors (Lipinski definition) is 1. The number of azide groups is 1. The minimum absolute atomic E-state index is 0.0358. The molecule has 0 spiro atoms. The molecule has 16 heavy (non-hydrogen) atoms. The molecule has 0 unspecified atom stereocenters. The van der Waals surface area contributed by atoms with Gasteiger partial charge in [0.15, 0.2) is 0 Å². The number of halogens is 3. The van der Waals surface area contributed by atoms with Crippen molar-refractivity contribution in [3.63, 3.8) is 0 Å². The van der Waals surface area contributed by atoms with E-state index in [1.165, 1.54) is 13.0 Å². The predicted molar refractivity (Wildman–Crippen MR) is 61.4 cm³/mol. The maximum absolute atomic E-state index is 12.7. The van der Waals surface area contributed by atoms with Crippen molar-refractivity contribution in [1.29, 1.82) is 0 Å². The van der Waals surface area contributed by atoms with Gasteiger partial charge < -0.3 is 12.9 Å². The van der Waals surface area contributed by atoms with Crippen molar-refractivity contribution >= 4 is 30.8 Å². The Morgan fingerprint density at radius 1 is 1.44 bits per heavy atom. The molecule has 0 heterocycles. The molecule has 1 aromatic carbocycles. The van der Waals surface area contributed by atoms with Gasteiger partial charge in [-0.25, -0.2) is 0 Å². The molecule has 0 aromatic heterocycles. The average Bonchev–Trinajstić information content (AvgIpc) is 2.19. The van der Waals surface area contributed by atoms with Gasteiger partial charge in [0.05, 0.1) is 0 Å². The molecule has 0 saturated heterocycles. The summed E-state index contributed by atoms with van der Waals surface area (Å²) >= 11 is 3.94. The number of thiol groups is 1. The molecule has 8 heteroatoms. The number of rotatable bonds is 3. The van der Waals surface area contributed by atoms with Crippen LogP contribution in [0.3, 0.4) is 0 Å². The highest BCUT2D eigenvalue weighted by atomic mass is 32.1. The first kappa shape index (κ1) is 12.8. The summed E-state index contributed by atoms with van der Waals surface area (Å²) in [5.74, 6) is 0.166. The Balaban J connectivity index is 3.47. The highest BCUT2D eigenvalue weighted by Crippen LogP contribution is 2.22. The largest absolute Gasteiger partial charge is 0.509 e. The van der Waals surface area contributed by atoms with Gasteiger partial charge in [-0.2, -0.15) is 12.6 Å². The minimum Gasteiger partial charge on any atom is -0.445 e. The van der Waals surface area contributed by atoms with Crippen molar-refractivity contribution in [3.05, 3.63) is 33.7 Å². The van der Waals surface area contributed by atoms with Gasteiger partial charge in [0.2, 0.25) is 0 Å². The Bertz CT molecular complexity index is 455. The quantitative estimate of drug-likeness (QED) is 0.279. The Kier molecular flexibility index (Phi) is 3.77. The van der Waals surface area contributed by atoms with Crippen LogP contribution < -0.4 is 5.46 Å². The highest BCUT2D eigenvalue weighted by molar-refractivity contribution is 7.79. The van der Waals surface area contributed by atoms with Gasteiger partial charge in [-0.1, -0.05) is 16.7 Å². The molecule has 0 aliphatic rings. The summed E-state index contributed by atoms with van der Waals surface area (Å²) in [6.07, 6.45) is 0. The van der Waals surface area contributed by atoms with Crippen LogP contribution in [0.5, 0.6) is 0 Å². The fourth-order valence-corrected chi connectivity index (χ4v) is 1.72. The Labute approximate surface area is 95.8 Å². The third kappa shape index (κ3) is 2.65. The molecule has 0 bridgehead atoms. The molecule has 0 radical (unpaired) electrons. The van der Waals surface area contributed by atoms with E-state index in [0.717, 1.165) is 6.07 Å². The molecule has 0 amide bonds. The van der Waals surface area contributed by atoms with E-state index in [1.807, 2.05) is 0 Å². The topological polar surface area (TPSA) is 48.8 Å². The third-order valence-electron chi connectivity index (χ3n) is 2.22. The summed E-state index contributed by atoms with van der Waals surface area (Å²) in [5.41, 5.74) is 8.00. The maximum atomic E-state index is 12.7. The van der Waals surface area contributed by atoms with Crippen molar-refractivity contribution < 1.29 is 12.9 Å². The maximum Gasteiger partial charge on any atom is 0.509 e. The summed E-state index contributed by atoms with van der Waals surface area (Å²) < 4.78 is 38.1. The zero-order valence-electron chi connectivity index (χ0n) is 8.36. The minimum atomic E-state index is -5.11. The van der Waals surface area contributed by atoms with Crippen molar-refractivity contribution in [2.75, 3.05) is 0 Å². The molecule has 1 aromatic rings. The summed E-state index contributed by atoms with van der Waals surface area (Å²) in [5, 5.41) is 3.19. The van der Waals surface area contributed by atoms with E-state index in [2.05, 4.69) is 22.7 Å². The summed E-state index contributed by atoms with van der Waals surface area (Å²) in [6.45, 7) is -3.72. The van der Waals surface area contributed by atoms with Crippen LogP contribution in [0.4, 0.5) is 18.6 Å². The van der Waals surface area contributed by atoms with Crippen LogP contribution in [-0.2, 0) is 5.75 Å².